The van der Waals surface area contributed by atoms with Gasteiger partial charge in [0.1, 0.15) is 18.3 Å². The molecular weight excluding hydrogens is 460 g/mol. The molecule has 3 aromatic carbocycles. The van der Waals surface area contributed by atoms with Gasteiger partial charge in [-0.05, 0) is 34.2 Å². The first-order valence-electron chi connectivity index (χ1n) is 11.8. The van der Waals surface area contributed by atoms with Crippen molar-refractivity contribution >= 4 is 23.4 Å². The number of amides is 1. The number of hydrogen-bond donors (Lipinski definition) is 1. The van der Waals surface area contributed by atoms with E-state index in [0.29, 0.717) is 12.0 Å². The van der Waals surface area contributed by atoms with Crippen LogP contribution in [0.15, 0.2) is 78.9 Å². The quantitative estimate of drug-likeness (QED) is 0.300. The average Bonchev–Trinajstić information content (AvgIpc) is 3.49. The maximum absolute atomic E-state index is 13.6. The number of fused-ring (bicyclic) bond motifs is 6. The number of nitro benzene ring substituents is 1. The summed E-state index contributed by atoms with van der Waals surface area (Å²) in [7, 11) is 0. The number of carboxylic acids is 1. The Bertz CT molecular complexity index is 1400. The highest BCUT2D eigenvalue weighted by atomic mass is 16.6. The van der Waals surface area contributed by atoms with E-state index in [-0.39, 0.29) is 29.8 Å². The largest absolute Gasteiger partial charge is 0.480 e. The monoisotopic (exact) mass is 482 g/mol. The molecule has 0 unspecified atom stereocenters. The highest BCUT2D eigenvalue weighted by Crippen LogP contribution is 2.51. The molecular formula is C28H22N2O6. The Morgan fingerprint density at radius 1 is 0.972 bits per heavy atom. The number of carboxylic acid groups (broad SMARTS) is 1. The second kappa shape index (κ2) is 8.34. The van der Waals surface area contributed by atoms with E-state index in [4.69, 9.17) is 4.74 Å². The number of benzene rings is 3. The van der Waals surface area contributed by atoms with Gasteiger partial charge in [0.05, 0.1) is 4.92 Å². The van der Waals surface area contributed by atoms with Crippen LogP contribution >= 0.6 is 0 Å². The van der Waals surface area contributed by atoms with Crippen LogP contribution in [-0.4, -0.2) is 34.7 Å². The second-order valence-electron chi connectivity index (χ2n) is 9.28. The summed E-state index contributed by atoms with van der Waals surface area (Å²) in [5.41, 5.74) is 4.42. The fraction of sp³-hybridized carbons (Fsp3) is 0.214. The lowest BCUT2D eigenvalue weighted by Gasteiger charge is -2.40. The zero-order valence-electron chi connectivity index (χ0n) is 19.1. The van der Waals surface area contributed by atoms with Crippen molar-refractivity contribution in [3.8, 4) is 11.1 Å². The third-order valence-electron chi connectivity index (χ3n) is 7.53. The van der Waals surface area contributed by atoms with Crippen molar-refractivity contribution < 1.29 is 24.4 Å². The summed E-state index contributed by atoms with van der Waals surface area (Å²) in [6, 6.07) is 19.1. The number of para-hydroxylation sites is 1. The van der Waals surface area contributed by atoms with Gasteiger partial charge in [-0.3, -0.25) is 15.0 Å². The van der Waals surface area contributed by atoms with Gasteiger partial charge >= 0.3 is 12.1 Å². The molecule has 1 aliphatic heterocycles. The van der Waals surface area contributed by atoms with Gasteiger partial charge < -0.3 is 9.84 Å². The van der Waals surface area contributed by atoms with E-state index in [0.717, 1.165) is 27.2 Å². The number of anilines is 1. The van der Waals surface area contributed by atoms with Crippen molar-refractivity contribution in [3.05, 3.63) is 106 Å². The number of carbonyl (C=O) groups is 2. The Morgan fingerprint density at radius 2 is 1.61 bits per heavy atom. The molecule has 0 fully saturated rings. The van der Waals surface area contributed by atoms with Crippen LogP contribution in [0.4, 0.5) is 16.2 Å². The Balaban J connectivity index is 1.38. The molecule has 3 aromatic rings. The van der Waals surface area contributed by atoms with Crippen LogP contribution in [0, 0.1) is 16.0 Å². The van der Waals surface area contributed by atoms with Crippen LogP contribution in [0.5, 0.6) is 0 Å². The molecule has 3 atom stereocenters. The molecule has 180 valence electrons. The minimum absolute atomic E-state index is 0.0000720. The summed E-state index contributed by atoms with van der Waals surface area (Å²) in [6.45, 7) is -0.0159. The summed E-state index contributed by atoms with van der Waals surface area (Å²) in [5.74, 6) is -2.19. The Hall–Kier alpha value is -4.46. The van der Waals surface area contributed by atoms with Crippen LogP contribution in [-0.2, 0) is 9.53 Å². The standard InChI is InChI=1S/C28H22N2O6/c31-27(32)26-22-12-5-11-20(22)21-13-6-14-24(30(34)35)25(21)29(26)28(33)36-15-23-18-9-3-1-7-16(18)17-8-2-4-10-19(17)23/h1-11,13-14,20,22-23,26H,12,15H2,(H,31,32)/t20-,22-,26+/m1/s1. The van der Waals surface area contributed by atoms with E-state index in [1.54, 1.807) is 12.1 Å². The number of allylic oxidation sites excluding steroid dienone is 2. The first kappa shape index (κ1) is 22.0. The molecule has 0 saturated heterocycles. The van der Waals surface area contributed by atoms with Crippen LogP contribution in [0.3, 0.4) is 0 Å². The molecule has 3 aliphatic rings. The predicted molar refractivity (Wildman–Crippen MR) is 132 cm³/mol. The Kier molecular flexibility index (Phi) is 5.10. The first-order chi connectivity index (χ1) is 17.5. The molecule has 0 radical (unpaired) electrons. The minimum Gasteiger partial charge on any atom is -0.480 e. The Labute approximate surface area is 206 Å². The van der Waals surface area contributed by atoms with Gasteiger partial charge in [-0.1, -0.05) is 72.8 Å². The first-order valence-corrected chi connectivity index (χ1v) is 11.8. The van der Waals surface area contributed by atoms with E-state index in [9.17, 15) is 24.8 Å². The van der Waals surface area contributed by atoms with Crippen LogP contribution in [0.25, 0.3) is 11.1 Å². The molecule has 1 N–H and O–H groups in total. The average molecular weight is 482 g/mol. The molecule has 0 aromatic heterocycles. The third-order valence-corrected chi connectivity index (χ3v) is 7.53. The van der Waals surface area contributed by atoms with Crippen molar-refractivity contribution in [1.29, 1.82) is 0 Å². The highest BCUT2D eigenvalue weighted by Gasteiger charge is 2.50. The van der Waals surface area contributed by atoms with Gasteiger partial charge in [-0.15, -0.1) is 0 Å². The number of hydrogen-bond acceptors (Lipinski definition) is 5. The van der Waals surface area contributed by atoms with Crippen LogP contribution < -0.4 is 4.90 Å². The SMILES string of the molecule is O=C(O)[C@@H]1[C@@H]2CC=C[C@@H]2c2cccc([N+](=O)[O-])c2N1C(=O)OCC1c2ccccc2-c2ccccc21. The minimum atomic E-state index is -1.28. The van der Waals surface area contributed by atoms with E-state index < -0.39 is 28.9 Å². The normalized spacial score (nSPS) is 21.3. The van der Waals surface area contributed by atoms with Crippen molar-refractivity contribution in [3.63, 3.8) is 0 Å². The Morgan fingerprint density at radius 3 is 2.25 bits per heavy atom. The highest BCUT2D eigenvalue weighted by molar-refractivity contribution is 6.00. The third kappa shape index (κ3) is 3.21. The van der Waals surface area contributed by atoms with Gasteiger partial charge in [0.25, 0.3) is 5.69 Å². The summed E-state index contributed by atoms with van der Waals surface area (Å²) < 4.78 is 5.78. The summed E-state index contributed by atoms with van der Waals surface area (Å²) >= 11 is 0. The van der Waals surface area contributed by atoms with Crippen molar-refractivity contribution in [2.45, 2.75) is 24.3 Å². The lowest BCUT2D eigenvalue weighted by Crippen LogP contribution is -2.54. The number of carbonyl (C=O) groups excluding carboxylic acids is 1. The molecule has 1 amide bonds. The number of ether oxygens (including phenoxy) is 1. The van der Waals surface area contributed by atoms with E-state index >= 15 is 0 Å². The number of aliphatic carboxylic acids is 1. The molecule has 1 heterocycles. The molecule has 0 spiro atoms. The predicted octanol–water partition coefficient (Wildman–Crippen LogP) is 5.48. The van der Waals surface area contributed by atoms with Crippen molar-refractivity contribution in [2.75, 3.05) is 11.5 Å². The number of nitro groups is 1. The number of nitrogens with zero attached hydrogens (tertiary/aromatic N) is 2. The van der Waals surface area contributed by atoms with E-state index in [2.05, 4.69) is 0 Å². The summed E-state index contributed by atoms with van der Waals surface area (Å²) in [6.07, 6.45) is 3.30. The molecule has 8 nitrogen and oxygen atoms in total. The topological polar surface area (TPSA) is 110 Å². The van der Waals surface area contributed by atoms with Crippen LogP contribution in [0.2, 0.25) is 0 Å². The molecule has 2 aliphatic carbocycles. The van der Waals surface area contributed by atoms with Gasteiger partial charge in [0.2, 0.25) is 0 Å². The maximum Gasteiger partial charge on any atom is 0.415 e. The fourth-order valence-electron chi connectivity index (χ4n) is 6.05. The molecule has 6 rings (SSSR count). The molecule has 0 bridgehead atoms. The molecule has 0 saturated carbocycles. The zero-order valence-corrected chi connectivity index (χ0v) is 19.1. The molecule has 8 heteroatoms. The van der Waals surface area contributed by atoms with Crippen molar-refractivity contribution in [2.24, 2.45) is 5.92 Å². The van der Waals surface area contributed by atoms with Gasteiger partial charge in [-0.2, -0.15) is 0 Å². The van der Waals surface area contributed by atoms with Crippen molar-refractivity contribution in [1.82, 2.24) is 0 Å². The van der Waals surface area contributed by atoms with Gasteiger partial charge in [-0.25, -0.2) is 9.59 Å². The lowest BCUT2D eigenvalue weighted by molar-refractivity contribution is -0.384. The number of rotatable bonds is 4. The van der Waals surface area contributed by atoms with Gasteiger partial charge in [0, 0.05) is 23.8 Å². The lowest BCUT2D eigenvalue weighted by atomic mass is 9.78. The fourth-order valence-corrected chi connectivity index (χ4v) is 6.05. The smallest absolute Gasteiger partial charge is 0.415 e. The molecule has 36 heavy (non-hydrogen) atoms. The van der Waals surface area contributed by atoms with Gasteiger partial charge in [0.15, 0.2) is 0 Å². The van der Waals surface area contributed by atoms with E-state index in [1.165, 1.54) is 6.07 Å². The van der Waals surface area contributed by atoms with E-state index in [1.807, 2.05) is 60.7 Å². The summed E-state index contributed by atoms with van der Waals surface area (Å²) in [4.78, 5) is 38.4. The maximum atomic E-state index is 13.6. The summed E-state index contributed by atoms with van der Waals surface area (Å²) in [5, 5.41) is 22.1. The van der Waals surface area contributed by atoms with Crippen LogP contribution in [0.1, 0.15) is 34.9 Å². The zero-order chi connectivity index (χ0) is 25.0. The second-order valence-corrected chi connectivity index (χ2v) is 9.28.